The lowest BCUT2D eigenvalue weighted by Gasteiger charge is -2.21. The molecule has 16 heavy (non-hydrogen) atoms. The molecule has 3 nitrogen and oxygen atoms in total. The third-order valence-electron chi connectivity index (χ3n) is 3.21. The minimum atomic E-state index is 0.307. The first kappa shape index (κ1) is 11.2. The first-order valence-electron chi connectivity index (χ1n) is 5.71. The molecule has 2 aromatic rings. The van der Waals surface area contributed by atoms with Crippen LogP contribution in [0.1, 0.15) is 18.5 Å². The Morgan fingerprint density at radius 3 is 2.81 bits per heavy atom. The molecule has 2 unspecified atom stereocenters. The van der Waals surface area contributed by atoms with Gasteiger partial charge in [0.1, 0.15) is 0 Å². The number of hydrogen-bond donors (Lipinski definition) is 3. The first-order chi connectivity index (χ1) is 7.77. The van der Waals surface area contributed by atoms with Crippen LogP contribution in [0.15, 0.2) is 30.5 Å². The zero-order chi connectivity index (χ0) is 11.5. The maximum atomic E-state index is 5.75. The second-order valence-corrected chi connectivity index (χ2v) is 4.27. The van der Waals surface area contributed by atoms with Gasteiger partial charge in [-0.1, -0.05) is 25.1 Å². The number of rotatable bonds is 4. The minimum Gasteiger partial charge on any atom is -0.361 e. The van der Waals surface area contributed by atoms with Crippen LogP contribution < -0.4 is 11.1 Å². The maximum absolute atomic E-state index is 5.75. The fourth-order valence-electron chi connectivity index (χ4n) is 2.23. The normalized spacial score (nSPS) is 15.2. The van der Waals surface area contributed by atoms with Gasteiger partial charge in [0.2, 0.25) is 0 Å². The average Bonchev–Trinajstić information content (AvgIpc) is 2.74. The van der Waals surface area contributed by atoms with Gasteiger partial charge in [-0.2, -0.15) is 0 Å². The summed E-state index contributed by atoms with van der Waals surface area (Å²) in [6, 6.07) is 8.66. The van der Waals surface area contributed by atoms with Crippen molar-refractivity contribution in [1.29, 1.82) is 0 Å². The quantitative estimate of drug-likeness (QED) is 0.734. The van der Waals surface area contributed by atoms with Crippen molar-refractivity contribution in [2.75, 3.05) is 13.6 Å². The summed E-state index contributed by atoms with van der Waals surface area (Å²) in [6.45, 7) is 2.86. The van der Waals surface area contributed by atoms with E-state index in [0.29, 0.717) is 18.5 Å². The summed E-state index contributed by atoms with van der Waals surface area (Å²) >= 11 is 0. The highest BCUT2D eigenvalue weighted by Gasteiger charge is 2.19. The largest absolute Gasteiger partial charge is 0.361 e. The van der Waals surface area contributed by atoms with Crippen LogP contribution in [0.3, 0.4) is 0 Å². The van der Waals surface area contributed by atoms with Gasteiger partial charge in [-0.05, 0) is 31.1 Å². The summed E-state index contributed by atoms with van der Waals surface area (Å²) in [5.41, 5.74) is 8.23. The molecule has 1 aromatic heterocycles. The summed E-state index contributed by atoms with van der Waals surface area (Å²) in [5, 5.41) is 4.63. The molecule has 2 atom stereocenters. The molecule has 0 aliphatic carbocycles. The molecule has 0 fully saturated rings. The average molecular weight is 217 g/mol. The van der Waals surface area contributed by atoms with E-state index in [4.69, 9.17) is 5.73 Å². The lowest BCUT2D eigenvalue weighted by atomic mass is 9.94. The Hall–Kier alpha value is -1.32. The van der Waals surface area contributed by atoms with Gasteiger partial charge in [-0.25, -0.2) is 0 Å². The fraction of sp³-hybridized carbons (Fsp3) is 0.385. The predicted octanol–water partition coefficient (Wildman–Crippen LogP) is 2.02. The van der Waals surface area contributed by atoms with Crippen LogP contribution in [0.4, 0.5) is 0 Å². The molecule has 0 saturated heterocycles. The van der Waals surface area contributed by atoms with Gasteiger partial charge < -0.3 is 16.0 Å². The van der Waals surface area contributed by atoms with Gasteiger partial charge in [0.25, 0.3) is 0 Å². The molecule has 0 spiro atoms. The Kier molecular flexibility index (Phi) is 3.27. The summed E-state index contributed by atoms with van der Waals surface area (Å²) in [6.07, 6.45) is 2.08. The molecule has 0 saturated carbocycles. The molecule has 1 aromatic carbocycles. The number of aromatic nitrogens is 1. The number of fused-ring (bicyclic) bond motifs is 1. The van der Waals surface area contributed by atoms with Crippen LogP contribution in [0.25, 0.3) is 10.9 Å². The SMILES string of the molecule is CNC(c1c[nH]c2ccccc12)C(C)CN. The van der Waals surface area contributed by atoms with Gasteiger partial charge in [0.05, 0.1) is 0 Å². The Morgan fingerprint density at radius 1 is 1.38 bits per heavy atom. The van der Waals surface area contributed by atoms with Crippen molar-refractivity contribution in [2.45, 2.75) is 13.0 Å². The number of para-hydroxylation sites is 1. The number of nitrogens with two attached hydrogens (primary N) is 1. The number of hydrogen-bond acceptors (Lipinski definition) is 2. The van der Waals surface area contributed by atoms with Gasteiger partial charge in [-0.15, -0.1) is 0 Å². The van der Waals surface area contributed by atoms with Crippen molar-refractivity contribution >= 4 is 10.9 Å². The lowest BCUT2D eigenvalue weighted by molar-refractivity contribution is 0.422. The molecular weight excluding hydrogens is 198 g/mol. The van der Waals surface area contributed by atoms with Crippen molar-refractivity contribution in [2.24, 2.45) is 11.7 Å². The van der Waals surface area contributed by atoms with Crippen LogP contribution in [-0.4, -0.2) is 18.6 Å². The Bertz CT molecular complexity index is 461. The summed E-state index contributed by atoms with van der Waals surface area (Å²) in [4.78, 5) is 3.30. The van der Waals surface area contributed by atoms with E-state index >= 15 is 0 Å². The topological polar surface area (TPSA) is 53.8 Å². The molecule has 2 rings (SSSR count). The molecule has 0 aliphatic heterocycles. The molecule has 0 amide bonds. The minimum absolute atomic E-state index is 0.307. The molecule has 86 valence electrons. The van der Waals surface area contributed by atoms with Crippen LogP contribution in [-0.2, 0) is 0 Å². The molecule has 0 bridgehead atoms. The monoisotopic (exact) mass is 217 g/mol. The highest BCUT2D eigenvalue weighted by Crippen LogP contribution is 2.28. The van der Waals surface area contributed by atoms with Crippen molar-refractivity contribution in [1.82, 2.24) is 10.3 Å². The van der Waals surface area contributed by atoms with Crippen LogP contribution in [0, 0.1) is 5.92 Å². The molecule has 0 radical (unpaired) electrons. The number of aromatic amines is 1. The number of nitrogens with one attached hydrogen (secondary N) is 2. The third kappa shape index (κ3) is 1.84. The van der Waals surface area contributed by atoms with Crippen molar-refractivity contribution in [3.63, 3.8) is 0 Å². The van der Waals surface area contributed by atoms with Crippen LogP contribution in [0.5, 0.6) is 0 Å². The van der Waals surface area contributed by atoms with Gasteiger partial charge in [-0.3, -0.25) is 0 Å². The van der Waals surface area contributed by atoms with E-state index in [1.54, 1.807) is 0 Å². The zero-order valence-corrected chi connectivity index (χ0v) is 9.83. The molecule has 1 heterocycles. The second kappa shape index (κ2) is 4.68. The molecule has 3 heteroatoms. The van der Waals surface area contributed by atoms with E-state index in [2.05, 4.69) is 41.6 Å². The molecule has 0 aliphatic rings. The van der Waals surface area contributed by atoms with E-state index in [-0.39, 0.29) is 0 Å². The standard InChI is InChI=1S/C13H19N3/c1-9(7-14)13(15-2)11-8-16-12-6-4-3-5-10(11)12/h3-6,8-9,13,15-16H,7,14H2,1-2H3. The van der Waals surface area contributed by atoms with E-state index in [1.165, 1.54) is 16.5 Å². The molecule has 4 N–H and O–H groups in total. The highest BCUT2D eigenvalue weighted by molar-refractivity contribution is 5.83. The van der Waals surface area contributed by atoms with Crippen molar-refractivity contribution in [3.8, 4) is 0 Å². The second-order valence-electron chi connectivity index (χ2n) is 4.27. The lowest BCUT2D eigenvalue weighted by Crippen LogP contribution is -2.28. The van der Waals surface area contributed by atoms with Gasteiger partial charge >= 0.3 is 0 Å². The van der Waals surface area contributed by atoms with E-state index < -0.39 is 0 Å². The van der Waals surface area contributed by atoms with Crippen molar-refractivity contribution < 1.29 is 0 Å². The van der Waals surface area contributed by atoms with Gasteiger partial charge in [0, 0.05) is 23.1 Å². The Balaban J connectivity index is 2.45. The Labute approximate surface area is 96.0 Å². The smallest absolute Gasteiger partial charge is 0.0457 e. The third-order valence-corrected chi connectivity index (χ3v) is 3.21. The van der Waals surface area contributed by atoms with Crippen molar-refractivity contribution in [3.05, 3.63) is 36.0 Å². The van der Waals surface area contributed by atoms with Crippen LogP contribution in [0.2, 0.25) is 0 Å². The highest BCUT2D eigenvalue weighted by atomic mass is 14.9. The summed E-state index contributed by atoms with van der Waals surface area (Å²) in [5.74, 6) is 0.421. The summed E-state index contributed by atoms with van der Waals surface area (Å²) in [7, 11) is 1.98. The maximum Gasteiger partial charge on any atom is 0.0457 e. The number of benzene rings is 1. The van der Waals surface area contributed by atoms with Gasteiger partial charge in [0.15, 0.2) is 0 Å². The summed E-state index contributed by atoms with van der Waals surface area (Å²) < 4.78 is 0. The first-order valence-corrected chi connectivity index (χ1v) is 5.71. The molecular formula is C13H19N3. The Morgan fingerprint density at radius 2 is 2.12 bits per heavy atom. The predicted molar refractivity (Wildman–Crippen MR) is 68.3 cm³/mol. The zero-order valence-electron chi connectivity index (χ0n) is 9.83. The van der Waals surface area contributed by atoms with E-state index in [9.17, 15) is 0 Å². The van der Waals surface area contributed by atoms with E-state index in [1.807, 2.05) is 13.1 Å². The fourth-order valence-corrected chi connectivity index (χ4v) is 2.23. The van der Waals surface area contributed by atoms with Crippen LogP contribution >= 0.6 is 0 Å². The number of H-pyrrole nitrogens is 1. The van der Waals surface area contributed by atoms with E-state index in [0.717, 1.165) is 0 Å².